The number of carbonyl (C=O) groups is 2. The summed E-state index contributed by atoms with van der Waals surface area (Å²) in [7, 11) is 0. The number of nitrogens with zero attached hydrogens (tertiary/aromatic N) is 8. The minimum Gasteiger partial charge on any atom is -0.481 e. The van der Waals surface area contributed by atoms with E-state index in [1.54, 1.807) is 34.1 Å². The Bertz CT molecular complexity index is 1130. The number of furan rings is 1. The summed E-state index contributed by atoms with van der Waals surface area (Å²) in [5, 5.41) is 25.5. The number of carboxylic acid groups (broad SMARTS) is 1. The minimum atomic E-state index is -0.708. The SMILES string of the molecule is C[C@@H]1CN(C(=O)c2ccc(Cn3ccnn3)o2)C[C@H]1n1cc(CN2CCC(C(=O)O)CC2)nn1. The van der Waals surface area contributed by atoms with E-state index in [1.807, 2.05) is 10.9 Å². The number of carbonyl (C=O) groups excluding carboxylic acids is 1. The lowest BCUT2D eigenvalue weighted by Crippen LogP contribution is -2.35. The van der Waals surface area contributed by atoms with E-state index >= 15 is 0 Å². The average Bonchev–Trinajstić information content (AvgIpc) is 3.62. The van der Waals surface area contributed by atoms with Gasteiger partial charge in [0.1, 0.15) is 12.3 Å². The summed E-state index contributed by atoms with van der Waals surface area (Å²) in [6.45, 7) is 5.81. The van der Waals surface area contributed by atoms with Crippen LogP contribution in [0.2, 0.25) is 0 Å². The molecule has 0 spiro atoms. The van der Waals surface area contributed by atoms with Crippen LogP contribution in [-0.2, 0) is 17.9 Å². The molecule has 12 heteroatoms. The lowest BCUT2D eigenvalue weighted by atomic mass is 9.97. The third-order valence-corrected chi connectivity index (χ3v) is 6.74. The van der Waals surface area contributed by atoms with Crippen LogP contribution in [0.15, 0.2) is 35.1 Å². The van der Waals surface area contributed by atoms with Crippen LogP contribution in [0.5, 0.6) is 0 Å². The smallest absolute Gasteiger partial charge is 0.306 e. The van der Waals surface area contributed by atoms with Crippen molar-refractivity contribution in [1.29, 1.82) is 0 Å². The molecular weight excluding hydrogens is 440 g/mol. The van der Waals surface area contributed by atoms with Crippen LogP contribution in [0, 0.1) is 11.8 Å². The van der Waals surface area contributed by atoms with Gasteiger partial charge in [-0.2, -0.15) is 0 Å². The van der Waals surface area contributed by atoms with Crippen molar-refractivity contribution in [3.63, 3.8) is 0 Å². The Morgan fingerprint density at radius 3 is 2.71 bits per heavy atom. The maximum Gasteiger partial charge on any atom is 0.306 e. The molecule has 2 fully saturated rings. The summed E-state index contributed by atoms with van der Waals surface area (Å²) >= 11 is 0. The molecule has 12 nitrogen and oxygen atoms in total. The fourth-order valence-electron chi connectivity index (χ4n) is 4.79. The third-order valence-electron chi connectivity index (χ3n) is 6.74. The number of hydrogen-bond donors (Lipinski definition) is 1. The summed E-state index contributed by atoms with van der Waals surface area (Å²) in [6, 6.07) is 3.52. The van der Waals surface area contributed by atoms with Crippen molar-refractivity contribution < 1.29 is 19.1 Å². The van der Waals surface area contributed by atoms with E-state index in [-0.39, 0.29) is 23.8 Å². The van der Waals surface area contributed by atoms with Crippen molar-refractivity contribution in [2.75, 3.05) is 26.2 Å². The molecule has 0 aromatic carbocycles. The Kier molecular flexibility index (Phi) is 6.14. The molecule has 1 amide bonds. The molecule has 3 aromatic heterocycles. The van der Waals surface area contributed by atoms with E-state index in [0.29, 0.717) is 50.5 Å². The maximum absolute atomic E-state index is 13.0. The summed E-state index contributed by atoms with van der Waals surface area (Å²) in [6.07, 6.45) is 6.60. The molecule has 2 saturated heterocycles. The summed E-state index contributed by atoms with van der Waals surface area (Å²) in [5.41, 5.74) is 0.856. The van der Waals surface area contributed by atoms with E-state index in [2.05, 4.69) is 32.4 Å². The number of hydrogen-bond acceptors (Lipinski definition) is 8. The number of aromatic nitrogens is 6. The van der Waals surface area contributed by atoms with Gasteiger partial charge in [-0.15, -0.1) is 10.2 Å². The Balaban J connectivity index is 1.17. The summed E-state index contributed by atoms with van der Waals surface area (Å²) in [4.78, 5) is 28.2. The predicted octanol–water partition coefficient (Wildman–Crippen LogP) is 1.14. The van der Waals surface area contributed by atoms with Crippen molar-refractivity contribution in [3.05, 3.63) is 47.9 Å². The first-order valence-electron chi connectivity index (χ1n) is 11.5. The quantitative estimate of drug-likeness (QED) is 0.541. The van der Waals surface area contributed by atoms with E-state index < -0.39 is 5.97 Å². The highest BCUT2D eigenvalue weighted by atomic mass is 16.4. The van der Waals surface area contributed by atoms with Gasteiger partial charge >= 0.3 is 5.97 Å². The first-order chi connectivity index (χ1) is 16.5. The molecule has 180 valence electrons. The molecule has 1 N–H and O–H groups in total. The molecule has 5 heterocycles. The number of rotatable bonds is 7. The second-order valence-corrected chi connectivity index (χ2v) is 9.20. The van der Waals surface area contributed by atoms with Crippen LogP contribution >= 0.6 is 0 Å². The number of aliphatic carboxylic acids is 1. The van der Waals surface area contributed by atoms with Gasteiger partial charge in [-0.05, 0) is 44.0 Å². The minimum absolute atomic E-state index is 0.0347. The Morgan fingerprint density at radius 2 is 1.97 bits per heavy atom. The van der Waals surface area contributed by atoms with Crippen LogP contribution < -0.4 is 0 Å². The molecule has 5 rings (SSSR count). The van der Waals surface area contributed by atoms with Crippen LogP contribution in [0.1, 0.15) is 47.8 Å². The van der Waals surface area contributed by atoms with Crippen molar-refractivity contribution in [2.24, 2.45) is 11.8 Å². The second kappa shape index (κ2) is 9.37. The largest absolute Gasteiger partial charge is 0.481 e. The molecule has 0 saturated carbocycles. The zero-order chi connectivity index (χ0) is 23.7. The first kappa shape index (κ1) is 22.3. The average molecular weight is 469 g/mol. The van der Waals surface area contributed by atoms with E-state index in [4.69, 9.17) is 9.52 Å². The standard InChI is InChI=1S/C22H28N8O4/c1-15-10-28(21(31)20-3-2-18(34-20)13-29-9-6-23-25-29)14-19(15)30-12-17(24-26-30)11-27-7-4-16(5-8-27)22(32)33/h2-3,6,9,12,15-16,19H,4-5,7-8,10-11,13-14H2,1H3,(H,32,33)/t15-,19-/m1/s1. The topological polar surface area (TPSA) is 135 Å². The van der Waals surface area contributed by atoms with Crippen molar-refractivity contribution >= 4 is 11.9 Å². The molecule has 3 aromatic rings. The van der Waals surface area contributed by atoms with Crippen LogP contribution in [0.4, 0.5) is 0 Å². The molecule has 0 unspecified atom stereocenters. The summed E-state index contributed by atoms with van der Waals surface area (Å²) < 4.78 is 9.25. The third kappa shape index (κ3) is 4.72. The highest BCUT2D eigenvalue weighted by molar-refractivity contribution is 5.91. The van der Waals surface area contributed by atoms with Gasteiger partial charge in [0.25, 0.3) is 5.91 Å². The molecule has 2 atom stereocenters. The lowest BCUT2D eigenvalue weighted by molar-refractivity contribution is -0.143. The molecule has 2 aliphatic rings. The molecule has 0 radical (unpaired) electrons. The van der Waals surface area contributed by atoms with Gasteiger partial charge in [0.2, 0.25) is 0 Å². The van der Waals surface area contributed by atoms with E-state index in [9.17, 15) is 9.59 Å². The maximum atomic E-state index is 13.0. The Morgan fingerprint density at radius 1 is 1.15 bits per heavy atom. The van der Waals surface area contributed by atoms with Gasteiger partial charge in [0.15, 0.2) is 5.76 Å². The highest BCUT2D eigenvalue weighted by Crippen LogP contribution is 2.29. The van der Waals surface area contributed by atoms with Crippen molar-refractivity contribution in [1.82, 2.24) is 39.8 Å². The van der Waals surface area contributed by atoms with Crippen molar-refractivity contribution in [3.8, 4) is 0 Å². The predicted molar refractivity (Wildman–Crippen MR) is 118 cm³/mol. The van der Waals surface area contributed by atoms with E-state index in [1.165, 1.54) is 0 Å². The van der Waals surface area contributed by atoms with Gasteiger partial charge in [-0.25, -0.2) is 9.36 Å². The van der Waals surface area contributed by atoms with Gasteiger partial charge in [-0.1, -0.05) is 17.4 Å². The number of carboxylic acids is 1. The van der Waals surface area contributed by atoms with Gasteiger partial charge in [-0.3, -0.25) is 14.5 Å². The van der Waals surface area contributed by atoms with Gasteiger partial charge in [0.05, 0.1) is 30.0 Å². The monoisotopic (exact) mass is 468 g/mol. The molecule has 2 aliphatic heterocycles. The Labute approximate surface area is 196 Å². The molecule has 0 bridgehead atoms. The highest BCUT2D eigenvalue weighted by Gasteiger charge is 2.36. The summed E-state index contributed by atoms with van der Waals surface area (Å²) in [5.74, 6) is 0.0803. The van der Waals surface area contributed by atoms with E-state index in [0.717, 1.165) is 18.8 Å². The number of likely N-dealkylation sites (tertiary alicyclic amines) is 2. The van der Waals surface area contributed by atoms with Gasteiger partial charge < -0.3 is 14.4 Å². The second-order valence-electron chi connectivity index (χ2n) is 9.20. The normalized spacial score (nSPS) is 21.9. The number of amides is 1. The van der Waals surface area contributed by atoms with Crippen LogP contribution in [-0.4, -0.2) is 82.9 Å². The molecular formula is C22H28N8O4. The molecule has 0 aliphatic carbocycles. The van der Waals surface area contributed by atoms with Gasteiger partial charge in [0, 0.05) is 25.8 Å². The van der Waals surface area contributed by atoms with Crippen LogP contribution in [0.25, 0.3) is 0 Å². The zero-order valence-corrected chi connectivity index (χ0v) is 19.0. The number of piperidine rings is 1. The zero-order valence-electron chi connectivity index (χ0n) is 19.0. The lowest BCUT2D eigenvalue weighted by Gasteiger charge is -2.29. The first-order valence-corrected chi connectivity index (χ1v) is 11.5. The van der Waals surface area contributed by atoms with Crippen molar-refractivity contribution in [2.45, 2.75) is 38.9 Å². The fourth-order valence-corrected chi connectivity index (χ4v) is 4.79. The Hall–Kier alpha value is -3.54. The molecule has 34 heavy (non-hydrogen) atoms. The fraction of sp³-hybridized carbons (Fsp3) is 0.545. The van der Waals surface area contributed by atoms with Crippen LogP contribution in [0.3, 0.4) is 0 Å².